The smallest absolute Gasteiger partial charge is 0.224 e. The van der Waals surface area contributed by atoms with E-state index in [0.29, 0.717) is 6.42 Å². The lowest BCUT2D eigenvalue weighted by molar-refractivity contribution is -0.302. The van der Waals surface area contributed by atoms with E-state index >= 15 is 0 Å². The van der Waals surface area contributed by atoms with Gasteiger partial charge in [0, 0.05) is 6.42 Å². The van der Waals surface area contributed by atoms with Crippen LogP contribution in [0.5, 0.6) is 0 Å². The number of rotatable bonds is 35. The molecule has 6 N–H and O–H groups in total. The van der Waals surface area contributed by atoms with Crippen LogP contribution in [-0.2, 0) is 14.3 Å². The molecular formula is C48H81NO8. The Morgan fingerprint density at radius 2 is 1.11 bits per heavy atom. The molecule has 7 unspecified atom stereocenters. The Hall–Kier alpha value is -2.63. The van der Waals surface area contributed by atoms with E-state index in [1.807, 2.05) is 18.2 Å². The molecule has 0 spiro atoms. The van der Waals surface area contributed by atoms with Crippen molar-refractivity contribution in [3.8, 4) is 0 Å². The molecule has 7 atom stereocenters. The van der Waals surface area contributed by atoms with Gasteiger partial charge >= 0.3 is 0 Å². The lowest BCUT2D eigenvalue weighted by atomic mass is 9.99. The third-order valence-electron chi connectivity index (χ3n) is 9.98. The molecule has 0 aliphatic carbocycles. The van der Waals surface area contributed by atoms with Crippen LogP contribution in [0, 0.1) is 0 Å². The summed E-state index contributed by atoms with van der Waals surface area (Å²) in [5.74, 6) is -0.317. The predicted octanol–water partition coefficient (Wildman–Crippen LogP) is 9.16. The minimum Gasteiger partial charge on any atom is -0.394 e. The van der Waals surface area contributed by atoms with Gasteiger partial charge in [-0.25, -0.2) is 0 Å². The van der Waals surface area contributed by atoms with Crippen LogP contribution in [0.4, 0.5) is 0 Å². The molecule has 0 aromatic carbocycles. The van der Waals surface area contributed by atoms with Crippen LogP contribution in [-0.4, -0.2) is 87.5 Å². The number of aliphatic hydroxyl groups excluding tert-OH is 5. The first-order valence-corrected chi connectivity index (χ1v) is 22.3. The molecular weight excluding hydrogens is 719 g/mol. The number of carbonyl (C=O) groups is 1. The quantitative estimate of drug-likeness (QED) is 0.0275. The molecule has 0 radical (unpaired) electrons. The summed E-state index contributed by atoms with van der Waals surface area (Å²) in [4.78, 5) is 12.9. The van der Waals surface area contributed by atoms with Gasteiger partial charge in [-0.1, -0.05) is 176 Å². The van der Waals surface area contributed by atoms with E-state index < -0.39 is 49.5 Å². The average molecular weight is 800 g/mol. The van der Waals surface area contributed by atoms with Crippen molar-refractivity contribution in [1.82, 2.24) is 5.32 Å². The Morgan fingerprint density at radius 1 is 0.614 bits per heavy atom. The second-order valence-electron chi connectivity index (χ2n) is 15.1. The van der Waals surface area contributed by atoms with E-state index in [4.69, 9.17) is 9.47 Å². The highest BCUT2D eigenvalue weighted by molar-refractivity contribution is 5.77. The van der Waals surface area contributed by atoms with Crippen molar-refractivity contribution < 1.29 is 39.8 Å². The van der Waals surface area contributed by atoms with Crippen molar-refractivity contribution in [3.05, 3.63) is 85.1 Å². The standard InChI is InChI=1S/C48H81NO8/c1-3-5-7-9-11-13-15-17-19-20-21-22-24-25-27-29-31-33-35-37-42(51)41(40-56-48-47(55)46(54)45(53)43(39-50)57-48)49-44(52)38-36-34-32-30-28-26-23-18-16-14-12-10-8-6-4-2/h6,8,12,14,18,23,27-30,34-37,41-43,45-48,50-51,53-55H,3-5,7,9-11,13,15-17,19-22,24-26,31-33,38-40H2,1-2H3,(H,49,52)/b8-6-,14-12-,23-18-,29-27+,30-28-,36-34-,37-35+. The highest BCUT2D eigenvalue weighted by Crippen LogP contribution is 2.22. The Bertz CT molecular complexity index is 1160. The number of aliphatic hydroxyl groups is 5. The number of hydrogen-bond donors (Lipinski definition) is 6. The summed E-state index contributed by atoms with van der Waals surface area (Å²) < 4.78 is 11.1. The van der Waals surface area contributed by atoms with Gasteiger partial charge in [0.05, 0.1) is 25.4 Å². The summed E-state index contributed by atoms with van der Waals surface area (Å²) in [6.45, 7) is 3.56. The maximum atomic E-state index is 12.9. The van der Waals surface area contributed by atoms with E-state index in [-0.39, 0.29) is 18.9 Å². The Kier molecular flexibility index (Phi) is 34.6. The van der Waals surface area contributed by atoms with Gasteiger partial charge in [0.15, 0.2) is 6.29 Å². The van der Waals surface area contributed by atoms with Crippen molar-refractivity contribution in [2.75, 3.05) is 13.2 Å². The first-order chi connectivity index (χ1) is 27.8. The van der Waals surface area contributed by atoms with E-state index in [9.17, 15) is 30.3 Å². The van der Waals surface area contributed by atoms with Gasteiger partial charge in [-0.3, -0.25) is 4.79 Å². The van der Waals surface area contributed by atoms with Gasteiger partial charge < -0.3 is 40.3 Å². The molecule has 1 aliphatic heterocycles. The monoisotopic (exact) mass is 800 g/mol. The molecule has 1 amide bonds. The first kappa shape index (κ1) is 52.4. The van der Waals surface area contributed by atoms with Crippen LogP contribution in [0.1, 0.15) is 155 Å². The lowest BCUT2D eigenvalue weighted by Gasteiger charge is -2.40. The Balaban J connectivity index is 2.47. The van der Waals surface area contributed by atoms with Crippen molar-refractivity contribution in [1.29, 1.82) is 0 Å². The number of allylic oxidation sites excluding steroid dienone is 12. The number of amides is 1. The van der Waals surface area contributed by atoms with Gasteiger partial charge in [-0.05, 0) is 57.8 Å². The van der Waals surface area contributed by atoms with Gasteiger partial charge in [-0.2, -0.15) is 0 Å². The maximum absolute atomic E-state index is 12.9. The van der Waals surface area contributed by atoms with E-state index in [1.54, 1.807) is 12.2 Å². The molecule has 1 heterocycles. The molecule has 0 bridgehead atoms. The highest BCUT2D eigenvalue weighted by Gasteiger charge is 2.44. The molecule has 1 rings (SSSR count). The van der Waals surface area contributed by atoms with E-state index in [1.165, 1.54) is 83.5 Å². The Morgan fingerprint density at radius 3 is 1.65 bits per heavy atom. The zero-order valence-electron chi connectivity index (χ0n) is 35.6. The normalized spacial score (nSPS) is 21.8. The molecule has 326 valence electrons. The molecule has 0 aromatic rings. The van der Waals surface area contributed by atoms with Crippen LogP contribution in [0.15, 0.2) is 85.1 Å². The van der Waals surface area contributed by atoms with Gasteiger partial charge in [0.1, 0.15) is 24.4 Å². The molecule has 9 nitrogen and oxygen atoms in total. The minimum absolute atomic E-state index is 0.102. The van der Waals surface area contributed by atoms with Crippen molar-refractivity contribution >= 4 is 5.91 Å². The SMILES string of the molecule is CC/C=C\C/C=C\C/C=C\C/C=C\C/C=C\CC(=O)NC(COC1OC(CO)C(O)C(O)C1O)C(O)/C=C/CC/C=C/CCCCCCCCCCCCCCC. The minimum atomic E-state index is -1.59. The number of unbranched alkanes of at least 4 members (excludes halogenated alkanes) is 14. The zero-order chi connectivity index (χ0) is 41.6. The van der Waals surface area contributed by atoms with Crippen LogP contribution < -0.4 is 5.32 Å². The fraction of sp³-hybridized carbons (Fsp3) is 0.688. The van der Waals surface area contributed by atoms with Crippen molar-refractivity contribution in [2.45, 2.75) is 198 Å². The summed E-state index contributed by atoms with van der Waals surface area (Å²) in [7, 11) is 0. The third-order valence-corrected chi connectivity index (χ3v) is 9.98. The number of carbonyl (C=O) groups excluding carboxylic acids is 1. The predicted molar refractivity (Wildman–Crippen MR) is 235 cm³/mol. The largest absolute Gasteiger partial charge is 0.394 e. The lowest BCUT2D eigenvalue weighted by Crippen LogP contribution is -2.60. The van der Waals surface area contributed by atoms with Crippen LogP contribution >= 0.6 is 0 Å². The van der Waals surface area contributed by atoms with Crippen molar-refractivity contribution in [2.24, 2.45) is 0 Å². The number of nitrogens with one attached hydrogen (secondary N) is 1. The summed E-state index contributed by atoms with van der Waals surface area (Å²) >= 11 is 0. The second-order valence-corrected chi connectivity index (χ2v) is 15.1. The maximum Gasteiger partial charge on any atom is 0.224 e. The third kappa shape index (κ3) is 28.4. The summed E-state index contributed by atoms with van der Waals surface area (Å²) in [5.41, 5.74) is 0. The van der Waals surface area contributed by atoms with Crippen LogP contribution in [0.2, 0.25) is 0 Å². The van der Waals surface area contributed by atoms with E-state index in [0.717, 1.165) is 44.9 Å². The average Bonchev–Trinajstić information content (AvgIpc) is 3.21. The molecule has 1 fully saturated rings. The van der Waals surface area contributed by atoms with Crippen molar-refractivity contribution in [3.63, 3.8) is 0 Å². The molecule has 1 aliphatic rings. The first-order valence-electron chi connectivity index (χ1n) is 22.3. The van der Waals surface area contributed by atoms with Crippen LogP contribution in [0.3, 0.4) is 0 Å². The number of hydrogen-bond acceptors (Lipinski definition) is 8. The fourth-order valence-corrected chi connectivity index (χ4v) is 6.41. The second kappa shape index (κ2) is 37.6. The van der Waals surface area contributed by atoms with Gasteiger partial charge in [0.25, 0.3) is 0 Å². The molecule has 0 aromatic heterocycles. The summed E-state index contributed by atoms with van der Waals surface area (Å²) in [6.07, 6.45) is 45.1. The summed E-state index contributed by atoms with van der Waals surface area (Å²) in [6, 6.07) is -0.880. The molecule has 9 heteroatoms. The zero-order valence-corrected chi connectivity index (χ0v) is 35.6. The molecule has 1 saturated heterocycles. The fourth-order valence-electron chi connectivity index (χ4n) is 6.41. The topological polar surface area (TPSA) is 149 Å². The van der Waals surface area contributed by atoms with Crippen LogP contribution in [0.25, 0.3) is 0 Å². The van der Waals surface area contributed by atoms with E-state index in [2.05, 4.69) is 73.8 Å². The highest BCUT2D eigenvalue weighted by atomic mass is 16.7. The van der Waals surface area contributed by atoms with Gasteiger partial charge in [-0.15, -0.1) is 0 Å². The molecule has 0 saturated carbocycles. The summed E-state index contributed by atoms with van der Waals surface area (Å²) in [5, 5.41) is 54.0. The Labute approximate surface area is 346 Å². The van der Waals surface area contributed by atoms with Gasteiger partial charge in [0.2, 0.25) is 5.91 Å². The molecule has 57 heavy (non-hydrogen) atoms. The number of ether oxygens (including phenoxy) is 2.